The zero-order chi connectivity index (χ0) is 18.3. The smallest absolute Gasteiger partial charge is 0.214 e. The van der Waals surface area contributed by atoms with Crippen LogP contribution in [-0.4, -0.2) is 16.2 Å². The van der Waals surface area contributed by atoms with Crippen molar-refractivity contribution < 1.29 is 4.79 Å². The molecule has 2 aromatic carbocycles. The van der Waals surface area contributed by atoms with Crippen LogP contribution in [0.3, 0.4) is 0 Å². The molecule has 1 aliphatic rings. The third kappa shape index (κ3) is 2.46. The number of aryl methyl sites for hydroxylation is 2. The van der Waals surface area contributed by atoms with Crippen LogP contribution in [0.15, 0.2) is 48.7 Å². The molecule has 0 bridgehead atoms. The van der Waals surface area contributed by atoms with Gasteiger partial charge in [0.25, 0.3) is 0 Å². The van der Waals surface area contributed by atoms with E-state index in [4.69, 9.17) is 5.73 Å². The number of anilines is 4. The maximum Gasteiger partial charge on any atom is 0.214 e. The molecule has 6 nitrogen and oxygen atoms in total. The van der Waals surface area contributed by atoms with E-state index in [2.05, 4.69) is 35.1 Å². The van der Waals surface area contributed by atoms with Gasteiger partial charge in [0, 0.05) is 24.8 Å². The SMILES string of the molecule is Cc1cc(N2c3ccccc3N(C=O)Cc3cnn(C)c32)ccc1CN. The van der Waals surface area contributed by atoms with E-state index in [-0.39, 0.29) is 0 Å². The molecule has 0 saturated carbocycles. The summed E-state index contributed by atoms with van der Waals surface area (Å²) in [5.41, 5.74) is 11.9. The Balaban J connectivity index is 1.99. The topological polar surface area (TPSA) is 67.4 Å². The van der Waals surface area contributed by atoms with Crippen LogP contribution < -0.4 is 15.5 Å². The van der Waals surface area contributed by atoms with E-state index in [1.54, 1.807) is 4.90 Å². The van der Waals surface area contributed by atoms with E-state index in [0.717, 1.165) is 46.0 Å². The molecule has 1 aromatic heterocycles. The highest BCUT2D eigenvalue weighted by Crippen LogP contribution is 2.44. The summed E-state index contributed by atoms with van der Waals surface area (Å²) in [6, 6.07) is 14.2. The Morgan fingerprint density at radius 1 is 1.19 bits per heavy atom. The molecule has 0 unspecified atom stereocenters. The van der Waals surface area contributed by atoms with Crippen LogP contribution in [0, 0.1) is 6.92 Å². The second-order valence-corrected chi connectivity index (χ2v) is 6.49. The van der Waals surface area contributed by atoms with Gasteiger partial charge in [-0.3, -0.25) is 14.4 Å². The number of aromatic nitrogens is 2. The largest absolute Gasteiger partial charge is 0.326 e. The Morgan fingerprint density at radius 3 is 2.65 bits per heavy atom. The summed E-state index contributed by atoms with van der Waals surface area (Å²) in [7, 11) is 1.92. The number of benzene rings is 2. The minimum Gasteiger partial charge on any atom is -0.326 e. The zero-order valence-electron chi connectivity index (χ0n) is 14.9. The monoisotopic (exact) mass is 347 g/mol. The number of nitrogens with zero attached hydrogens (tertiary/aromatic N) is 4. The Labute approximate surface area is 152 Å². The Bertz CT molecular complexity index is 978. The van der Waals surface area contributed by atoms with Crippen LogP contribution >= 0.6 is 0 Å². The first kappa shape index (κ1) is 16.4. The first-order chi connectivity index (χ1) is 12.6. The van der Waals surface area contributed by atoms with E-state index < -0.39 is 0 Å². The van der Waals surface area contributed by atoms with Gasteiger partial charge in [-0.25, -0.2) is 0 Å². The molecule has 2 heterocycles. The minimum absolute atomic E-state index is 0.486. The molecule has 0 fully saturated rings. The summed E-state index contributed by atoms with van der Waals surface area (Å²) in [6.45, 7) is 3.07. The van der Waals surface area contributed by atoms with Crippen molar-refractivity contribution in [2.24, 2.45) is 12.8 Å². The van der Waals surface area contributed by atoms with Gasteiger partial charge in [0.15, 0.2) is 0 Å². The molecule has 26 heavy (non-hydrogen) atoms. The minimum atomic E-state index is 0.486. The molecule has 1 amide bonds. The molecular weight excluding hydrogens is 326 g/mol. The lowest BCUT2D eigenvalue weighted by atomic mass is 10.1. The lowest BCUT2D eigenvalue weighted by Crippen LogP contribution is -2.19. The van der Waals surface area contributed by atoms with Crippen LogP contribution in [0.25, 0.3) is 0 Å². The predicted molar refractivity (Wildman–Crippen MR) is 103 cm³/mol. The first-order valence-corrected chi connectivity index (χ1v) is 8.55. The summed E-state index contributed by atoms with van der Waals surface area (Å²) >= 11 is 0. The van der Waals surface area contributed by atoms with Gasteiger partial charge in [-0.05, 0) is 42.3 Å². The van der Waals surface area contributed by atoms with Gasteiger partial charge in [0.05, 0.1) is 24.1 Å². The molecule has 3 aromatic rings. The highest BCUT2D eigenvalue weighted by molar-refractivity contribution is 5.92. The van der Waals surface area contributed by atoms with Crippen molar-refractivity contribution in [3.8, 4) is 0 Å². The number of amides is 1. The van der Waals surface area contributed by atoms with Crippen molar-refractivity contribution in [1.29, 1.82) is 0 Å². The first-order valence-electron chi connectivity index (χ1n) is 8.55. The molecular formula is C20H21N5O. The van der Waals surface area contributed by atoms with Crippen molar-refractivity contribution in [2.45, 2.75) is 20.0 Å². The quantitative estimate of drug-likeness (QED) is 0.739. The zero-order valence-corrected chi connectivity index (χ0v) is 14.9. The molecule has 4 rings (SSSR count). The third-order valence-electron chi connectivity index (χ3n) is 4.90. The maximum atomic E-state index is 11.7. The highest BCUT2D eigenvalue weighted by Gasteiger charge is 2.28. The molecule has 2 N–H and O–H groups in total. The van der Waals surface area contributed by atoms with E-state index in [1.165, 1.54) is 0 Å². The number of hydrogen-bond acceptors (Lipinski definition) is 4. The van der Waals surface area contributed by atoms with Crippen molar-refractivity contribution >= 4 is 29.3 Å². The van der Waals surface area contributed by atoms with Gasteiger partial charge < -0.3 is 10.6 Å². The van der Waals surface area contributed by atoms with Gasteiger partial charge in [0.1, 0.15) is 5.82 Å². The summed E-state index contributed by atoms with van der Waals surface area (Å²) in [5, 5.41) is 4.43. The number of carbonyl (C=O) groups excluding carboxylic acids is 1. The summed E-state index contributed by atoms with van der Waals surface area (Å²) in [6.07, 6.45) is 2.70. The number of para-hydroxylation sites is 2. The number of fused-ring (bicyclic) bond motifs is 2. The average Bonchev–Trinajstić information content (AvgIpc) is 2.94. The molecule has 132 valence electrons. The summed E-state index contributed by atoms with van der Waals surface area (Å²) in [5.74, 6) is 0.960. The third-order valence-corrected chi connectivity index (χ3v) is 4.90. The fraction of sp³-hybridized carbons (Fsp3) is 0.200. The van der Waals surface area contributed by atoms with Gasteiger partial charge >= 0.3 is 0 Å². The van der Waals surface area contributed by atoms with Crippen LogP contribution in [-0.2, 0) is 24.9 Å². The Hall–Kier alpha value is -3.12. The number of hydrogen-bond donors (Lipinski definition) is 1. The Morgan fingerprint density at radius 2 is 1.96 bits per heavy atom. The second-order valence-electron chi connectivity index (χ2n) is 6.49. The lowest BCUT2D eigenvalue weighted by Gasteiger charge is -2.27. The Kier molecular flexibility index (Phi) is 3.97. The fourth-order valence-electron chi connectivity index (χ4n) is 3.56. The second kappa shape index (κ2) is 6.31. The van der Waals surface area contributed by atoms with E-state index in [0.29, 0.717) is 13.1 Å². The molecule has 0 saturated heterocycles. The average molecular weight is 347 g/mol. The van der Waals surface area contributed by atoms with Crippen molar-refractivity contribution in [2.75, 3.05) is 9.80 Å². The number of nitrogens with two attached hydrogens (primary N) is 1. The molecule has 0 spiro atoms. The van der Waals surface area contributed by atoms with Gasteiger partial charge in [-0.1, -0.05) is 18.2 Å². The number of rotatable bonds is 3. The predicted octanol–water partition coefficient (Wildman–Crippen LogP) is 3.13. The van der Waals surface area contributed by atoms with Crippen LogP contribution in [0.4, 0.5) is 22.9 Å². The van der Waals surface area contributed by atoms with Crippen LogP contribution in [0.2, 0.25) is 0 Å². The standard InChI is InChI=1S/C20H21N5O/c1-14-9-17(8-7-15(14)10-21)25-19-6-4-3-5-18(19)24(13-26)12-16-11-22-23(2)20(16)25/h3-9,11,13H,10,12,21H2,1-2H3. The molecule has 0 aliphatic carbocycles. The van der Waals surface area contributed by atoms with Gasteiger partial charge in [0.2, 0.25) is 6.41 Å². The van der Waals surface area contributed by atoms with Gasteiger partial charge in [-0.2, -0.15) is 5.10 Å². The van der Waals surface area contributed by atoms with E-state index in [1.807, 2.05) is 42.2 Å². The van der Waals surface area contributed by atoms with Crippen LogP contribution in [0.5, 0.6) is 0 Å². The lowest BCUT2D eigenvalue weighted by molar-refractivity contribution is -0.107. The van der Waals surface area contributed by atoms with Crippen LogP contribution in [0.1, 0.15) is 16.7 Å². The van der Waals surface area contributed by atoms with E-state index >= 15 is 0 Å². The molecule has 6 heteroatoms. The maximum absolute atomic E-state index is 11.7. The fourth-order valence-corrected chi connectivity index (χ4v) is 3.56. The van der Waals surface area contributed by atoms with Crippen molar-refractivity contribution in [1.82, 2.24) is 9.78 Å². The van der Waals surface area contributed by atoms with Crippen molar-refractivity contribution in [3.63, 3.8) is 0 Å². The molecule has 0 atom stereocenters. The number of carbonyl (C=O) groups is 1. The van der Waals surface area contributed by atoms with E-state index in [9.17, 15) is 4.79 Å². The normalized spacial score (nSPS) is 13.2. The highest BCUT2D eigenvalue weighted by atomic mass is 16.1. The van der Waals surface area contributed by atoms with Gasteiger partial charge in [-0.15, -0.1) is 0 Å². The summed E-state index contributed by atoms with van der Waals surface area (Å²) < 4.78 is 1.85. The molecule has 0 radical (unpaired) electrons. The molecule has 1 aliphatic heterocycles. The summed E-state index contributed by atoms with van der Waals surface area (Å²) in [4.78, 5) is 15.6. The van der Waals surface area contributed by atoms with Crippen molar-refractivity contribution in [3.05, 3.63) is 65.4 Å².